The molecule has 0 saturated heterocycles. The zero-order valence-corrected chi connectivity index (χ0v) is 22.0. The lowest BCUT2D eigenvalue weighted by Crippen LogP contribution is -2.28. The molecule has 0 atom stereocenters. The van der Waals surface area contributed by atoms with Crippen LogP contribution in [0.4, 0.5) is 5.69 Å². The predicted octanol–water partition coefficient (Wildman–Crippen LogP) is 4.19. The van der Waals surface area contributed by atoms with Crippen LogP contribution in [0.25, 0.3) is 10.9 Å². The minimum absolute atomic E-state index is 0.139. The number of hydrogen-bond acceptors (Lipinski definition) is 9. The number of rotatable bonds is 9. The second-order valence-corrected chi connectivity index (χ2v) is 8.65. The zero-order chi connectivity index (χ0) is 28.2. The lowest BCUT2D eigenvalue weighted by molar-refractivity contribution is -0.117. The molecule has 0 aliphatic carbocycles. The second kappa shape index (κ2) is 11.2. The second-order valence-electron chi connectivity index (χ2n) is 8.65. The van der Waals surface area contributed by atoms with Gasteiger partial charge in [0.25, 0.3) is 11.8 Å². The smallest absolute Gasteiger partial charge is 0.283 e. The molecule has 4 aromatic rings. The Morgan fingerprint density at radius 1 is 0.975 bits per heavy atom. The molecule has 1 aliphatic rings. The van der Waals surface area contributed by atoms with Crippen molar-refractivity contribution in [1.82, 2.24) is 9.88 Å². The molecule has 2 N–H and O–H groups in total. The number of methoxy groups -OCH3 is 3. The monoisotopic (exact) mass is 546 g/mol. The normalized spacial score (nSPS) is 12.1. The standard InChI is InChI=1S/C28H26N4O8/c1-36-22-11-17(12-23(37-2)26(22)38-3)27(34)29-13-24(33)30-31-25-18-6-4-5-7-19(18)32(28(25)35)14-16-8-9-20-21(10-16)40-15-39-20/h4-12,35H,13-15H2,1-3H3,(H,29,34). The Morgan fingerprint density at radius 2 is 1.70 bits per heavy atom. The number of benzene rings is 3. The maximum absolute atomic E-state index is 12.7. The number of ether oxygens (including phenoxy) is 5. The van der Waals surface area contributed by atoms with Crippen LogP contribution in [0.15, 0.2) is 64.8 Å². The number of carbonyl (C=O) groups is 2. The Bertz CT molecular complexity index is 1600. The largest absolute Gasteiger partial charge is 0.493 e. The molecular weight excluding hydrogens is 520 g/mol. The van der Waals surface area contributed by atoms with Crippen LogP contribution in [0.2, 0.25) is 0 Å². The van der Waals surface area contributed by atoms with E-state index in [1.54, 1.807) is 16.7 Å². The van der Waals surface area contributed by atoms with Gasteiger partial charge >= 0.3 is 0 Å². The molecule has 12 nitrogen and oxygen atoms in total. The van der Waals surface area contributed by atoms with Crippen LogP contribution in [0.1, 0.15) is 15.9 Å². The number of hydrogen-bond donors (Lipinski definition) is 2. The molecule has 2 amide bonds. The molecule has 0 spiro atoms. The first-order valence-corrected chi connectivity index (χ1v) is 12.1. The number of amides is 2. The summed E-state index contributed by atoms with van der Waals surface area (Å²) in [5.74, 6) is 0.805. The van der Waals surface area contributed by atoms with Gasteiger partial charge in [-0.3, -0.25) is 9.59 Å². The Hall–Kier alpha value is -5.26. The number of nitrogens with one attached hydrogen (secondary N) is 1. The van der Waals surface area contributed by atoms with Crippen molar-refractivity contribution < 1.29 is 38.4 Å². The van der Waals surface area contributed by atoms with Gasteiger partial charge in [-0.25, -0.2) is 0 Å². The Balaban J connectivity index is 1.32. The van der Waals surface area contributed by atoms with E-state index in [0.717, 1.165) is 5.56 Å². The van der Waals surface area contributed by atoms with Crippen LogP contribution in [0.5, 0.6) is 34.6 Å². The van der Waals surface area contributed by atoms with Crippen molar-refractivity contribution in [3.05, 3.63) is 65.7 Å². The van der Waals surface area contributed by atoms with Crippen molar-refractivity contribution in [1.29, 1.82) is 0 Å². The van der Waals surface area contributed by atoms with E-state index < -0.39 is 18.4 Å². The van der Waals surface area contributed by atoms with E-state index in [4.69, 9.17) is 23.7 Å². The summed E-state index contributed by atoms with van der Waals surface area (Å²) in [6.45, 7) is 0.0604. The maximum atomic E-state index is 12.7. The van der Waals surface area contributed by atoms with Crippen LogP contribution in [-0.4, -0.2) is 56.2 Å². The molecule has 206 valence electrons. The van der Waals surface area contributed by atoms with E-state index in [2.05, 4.69) is 15.5 Å². The third-order valence-corrected chi connectivity index (χ3v) is 6.28. The lowest BCUT2D eigenvalue weighted by atomic mass is 10.1. The molecule has 0 saturated carbocycles. The summed E-state index contributed by atoms with van der Waals surface area (Å²) in [5, 5.41) is 21.9. The average Bonchev–Trinajstić information content (AvgIpc) is 3.55. The van der Waals surface area contributed by atoms with E-state index in [0.29, 0.717) is 46.2 Å². The summed E-state index contributed by atoms with van der Waals surface area (Å²) in [5.41, 5.74) is 1.91. The van der Waals surface area contributed by atoms with Gasteiger partial charge in [-0.2, -0.15) is 0 Å². The van der Waals surface area contributed by atoms with Gasteiger partial charge in [0.1, 0.15) is 6.54 Å². The number of para-hydroxylation sites is 1. The summed E-state index contributed by atoms with van der Waals surface area (Å²) in [7, 11) is 4.32. The first kappa shape index (κ1) is 26.4. The highest BCUT2D eigenvalue weighted by atomic mass is 16.7. The van der Waals surface area contributed by atoms with E-state index in [1.165, 1.54) is 33.5 Å². The lowest BCUT2D eigenvalue weighted by Gasteiger charge is -2.13. The highest BCUT2D eigenvalue weighted by molar-refractivity contribution is 5.98. The van der Waals surface area contributed by atoms with Crippen LogP contribution in [-0.2, 0) is 11.3 Å². The molecular formula is C28H26N4O8. The highest BCUT2D eigenvalue weighted by Crippen LogP contribution is 2.40. The number of azo groups is 1. The minimum Gasteiger partial charge on any atom is -0.493 e. The molecule has 0 radical (unpaired) electrons. The summed E-state index contributed by atoms with van der Waals surface area (Å²) in [6.07, 6.45) is 0. The van der Waals surface area contributed by atoms with Gasteiger partial charge in [0, 0.05) is 10.9 Å². The van der Waals surface area contributed by atoms with Crippen LogP contribution in [0, 0.1) is 0 Å². The first-order valence-electron chi connectivity index (χ1n) is 12.1. The average molecular weight is 547 g/mol. The predicted molar refractivity (Wildman–Crippen MR) is 143 cm³/mol. The molecule has 1 aromatic heterocycles. The fraction of sp³-hybridized carbons (Fsp3) is 0.214. The summed E-state index contributed by atoms with van der Waals surface area (Å²) in [4.78, 5) is 25.2. The summed E-state index contributed by atoms with van der Waals surface area (Å²) < 4.78 is 28.3. The third-order valence-electron chi connectivity index (χ3n) is 6.28. The molecule has 0 bridgehead atoms. The van der Waals surface area contributed by atoms with Gasteiger partial charge in [0.05, 0.1) is 33.4 Å². The quantitative estimate of drug-likeness (QED) is 0.298. The minimum atomic E-state index is -0.715. The van der Waals surface area contributed by atoms with Crippen LogP contribution in [0.3, 0.4) is 0 Å². The van der Waals surface area contributed by atoms with Gasteiger partial charge in [-0.05, 0) is 35.9 Å². The Kier molecular flexibility index (Phi) is 7.40. The zero-order valence-electron chi connectivity index (χ0n) is 22.0. The van der Waals surface area contributed by atoms with Gasteiger partial charge in [0.2, 0.25) is 18.4 Å². The molecule has 2 heterocycles. The first-order chi connectivity index (χ1) is 19.4. The molecule has 40 heavy (non-hydrogen) atoms. The number of fused-ring (bicyclic) bond motifs is 2. The number of carbonyl (C=O) groups excluding carboxylic acids is 2. The maximum Gasteiger partial charge on any atom is 0.283 e. The van der Waals surface area contributed by atoms with Crippen LogP contribution < -0.4 is 29.0 Å². The van der Waals surface area contributed by atoms with Crippen molar-refractivity contribution in [3.63, 3.8) is 0 Å². The number of aromatic nitrogens is 1. The van der Waals surface area contributed by atoms with Crippen molar-refractivity contribution in [2.45, 2.75) is 6.54 Å². The fourth-order valence-electron chi connectivity index (χ4n) is 4.36. The number of nitrogens with zero attached hydrogens (tertiary/aromatic N) is 3. The van der Waals surface area contributed by atoms with E-state index in [9.17, 15) is 14.7 Å². The fourth-order valence-corrected chi connectivity index (χ4v) is 4.36. The molecule has 0 fully saturated rings. The molecule has 5 rings (SSSR count). The molecule has 0 unspecified atom stereocenters. The van der Waals surface area contributed by atoms with Gasteiger partial charge in [-0.15, -0.1) is 10.2 Å². The van der Waals surface area contributed by atoms with E-state index in [-0.39, 0.29) is 23.9 Å². The third kappa shape index (κ3) is 5.06. The summed E-state index contributed by atoms with van der Waals surface area (Å²) >= 11 is 0. The van der Waals surface area contributed by atoms with Crippen molar-refractivity contribution in [3.8, 4) is 34.6 Å². The number of aromatic hydroxyl groups is 1. The SMILES string of the molecule is COc1cc(C(=O)NCC(=O)N=Nc2c(O)n(Cc3ccc4c(c3)OCO4)c3ccccc23)cc(OC)c1OC. The topological polar surface area (TPSA) is 142 Å². The Labute approximate surface area is 228 Å². The van der Waals surface area contributed by atoms with Crippen LogP contribution >= 0.6 is 0 Å². The van der Waals surface area contributed by atoms with Crippen molar-refractivity contribution in [2.24, 2.45) is 10.2 Å². The Morgan fingerprint density at radius 3 is 2.42 bits per heavy atom. The van der Waals surface area contributed by atoms with Crippen molar-refractivity contribution in [2.75, 3.05) is 34.7 Å². The van der Waals surface area contributed by atoms with E-state index >= 15 is 0 Å². The highest BCUT2D eigenvalue weighted by Gasteiger charge is 2.20. The molecule has 12 heteroatoms. The van der Waals surface area contributed by atoms with E-state index in [1.807, 2.05) is 30.3 Å². The molecule has 1 aliphatic heterocycles. The summed E-state index contributed by atoms with van der Waals surface area (Å²) in [6, 6.07) is 15.7. The van der Waals surface area contributed by atoms with Crippen molar-refractivity contribution >= 4 is 28.4 Å². The van der Waals surface area contributed by atoms with Gasteiger partial charge < -0.3 is 38.7 Å². The van der Waals surface area contributed by atoms with Gasteiger partial charge in [0.15, 0.2) is 28.7 Å². The molecule has 3 aromatic carbocycles. The van der Waals surface area contributed by atoms with Gasteiger partial charge in [-0.1, -0.05) is 24.3 Å².